The van der Waals surface area contributed by atoms with Gasteiger partial charge >= 0.3 is 0 Å². The summed E-state index contributed by atoms with van der Waals surface area (Å²) in [7, 11) is -7.07. The van der Waals surface area contributed by atoms with E-state index in [1.54, 1.807) is 18.2 Å². The fourth-order valence-electron chi connectivity index (χ4n) is 3.51. The molecule has 0 saturated carbocycles. The van der Waals surface area contributed by atoms with Gasteiger partial charge in [0.25, 0.3) is 0 Å². The minimum atomic E-state index is -3.82. The highest BCUT2D eigenvalue weighted by molar-refractivity contribution is 7.89. The highest BCUT2D eigenvalue weighted by Crippen LogP contribution is 2.20. The Morgan fingerprint density at radius 1 is 1.00 bits per heavy atom. The molecule has 0 unspecified atom stereocenters. The van der Waals surface area contributed by atoms with E-state index in [1.807, 2.05) is 0 Å². The van der Waals surface area contributed by atoms with Crippen molar-refractivity contribution in [3.05, 3.63) is 65.5 Å². The summed E-state index contributed by atoms with van der Waals surface area (Å²) in [6.07, 6.45) is 2.04. The summed E-state index contributed by atoms with van der Waals surface area (Å²) in [6, 6.07) is 11.9. The zero-order valence-electron chi connectivity index (χ0n) is 17.6. The average molecular weight is 484 g/mol. The summed E-state index contributed by atoms with van der Waals surface area (Å²) in [5.74, 6) is -0.912. The molecule has 2 aromatic rings. The summed E-state index contributed by atoms with van der Waals surface area (Å²) in [4.78, 5) is 12.5. The molecular formula is C21H26FN3O5S2. The molecule has 0 atom stereocenters. The number of sulfonamides is 2. The van der Waals surface area contributed by atoms with Crippen molar-refractivity contribution in [2.24, 2.45) is 5.92 Å². The number of halogens is 1. The molecule has 1 aliphatic heterocycles. The Labute approximate surface area is 187 Å². The smallest absolute Gasteiger partial charge is 0.240 e. The van der Waals surface area contributed by atoms with Gasteiger partial charge in [-0.3, -0.25) is 4.79 Å². The zero-order chi connectivity index (χ0) is 23.4. The number of carbonyl (C=O) groups is 1. The van der Waals surface area contributed by atoms with Crippen LogP contribution in [0.4, 0.5) is 4.39 Å². The highest BCUT2D eigenvalue weighted by Gasteiger charge is 2.28. The van der Waals surface area contributed by atoms with Crippen LogP contribution < -0.4 is 10.0 Å². The van der Waals surface area contributed by atoms with Crippen molar-refractivity contribution in [2.45, 2.75) is 30.8 Å². The minimum Gasteiger partial charge on any atom is -0.352 e. The fraction of sp³-hybridized carbons (Fsp3) is 0.381. The van der Waals surface area contributed by atoms with Crippen molar-refractivity contribution in [3.8, 4) is 0 Å². The number of nitrogens with one attached hydrogen (secondary N) is 2. The minimum absolute atomic E-state index is 0.0436. The molecule has 1 heterocycles. The third kappa shape index (κ3) is 6.58. The van der Waals surface area contributed by atoms with Gasteiger partial charge in [-0.05, 0) is 48.2 Å². The van der Waals surface area contributed by atoms with Gasteiger partial charge in [-0.1, -0.05) is 24.3 Å². The summed E-state index contributed by atoms with van der Waals surface area (Å²) in [5.41, 5.74) is 1.11. The Morgan fingerprint density at radius 2 is 1.62 bits per heavy atom. The summed E-state index contributed by atoms with van der Waals surface area (Å²) in [6.45, 7) is 0.717. The van der Waals surface area contributed by atoms with Crippen LogP contribution in [0.1, 0.15) is 24.0 Å². The molecule has 3 rings (SSSR count). The number of rotatable bonds is 8. The lowest BCUT2D eigenvalue weighted by atomic mass is 9.97. The van der Waals surface area contributed by atoms with Gasteiger partial charge in [0, 0.05) is 32.1 Å². The van der Waals surface area contributed by atoms with Crippen molar-refractivity contribution < 1.29 is 26.0 Å². The van der Waals surface area contributed by atoms with Gasteiger partial charge < -0.3 is 5.32 Å². The second-order valence-corrected chi connectivity index (χ2v) is 11.5. The maximum Gasteiger partial charge on any atom is 0.240 e. The topological polar surface area (TPSA) is 113 Å². The molecular weight excluding hydrogens is 457 g/mol. The van der Waals surface area contributed by atoms with E-state index < -0.39 is 25.9 Å². The van der Waals surface area contributed by atoms with E-state index in [-0.39, 0.29) is 29.8 Å². The van der Waals surface area contributed by atoms with Crippen LogP contribution in [0.15, 0.2) is 53.4 Å². The first kappa shape index (κ1) is 24.3. The molecule has 0 radical (unpaired) electrons. The van der Waals surface area contributed by atoms with Crippen LogP contribution in [0.3, 0.4) is 0 Å². The summed E-state index contributed by atoms with van der Waals surface area (Å²) in [5, 5.41) is 2.80. The first-order chi connectivity index (χ1) is 15.0. The van der Waals surface area contributed by atoms with E-state index in [0.29, 0.717) is 37.1 Å². The van der Waals surface area contributed by atoms with Crippen molar-refractivity contribution in [3.63, 3.8) is 0 Å². The number of amides is 1. The predicted octanol–water partition coefficient (Wildman–Crippen LogP) is 1.59. The fourth-order valence-corrected chi connectivity index (χ4v) is 5.48. The molecule has 174 valence electrons. The number of hydrogen-bond acceptors (Lipinski definition) is 5. The summed E-state index contributed by atoms with van der Waals surface area (Å²) < 4.78 is 65.4. The molecule has 11 heteroatoms. The van der Waals surface area contributed by atoms with Crippen LogP contribution in [0.2, 0.25) is 0 Å². The first-order valence-corrected chi connectivity index (χ1v) is 13.4. The number of benzene rings is 2. The van der Waals surface area contributed by atoms with Crippen LogP contribution in [-0.2, 0) is 37.9 Å². The molecule has 0 spiro atoms. The van der Waals surface area contributed by atoms with Crippen molar-refractivity contribution in [1.82, 2.24) is 14.3 Å². The van der Waals surface area contributed by atoms with E-state index in [0.717, 1.165) is 6.26 Å². The second kappa shape index (κ2) is 10.1. The van der Waals surface area contributed by atoms with Crippen LogP contribution in [0.25, 0.3) is 0 Å². The number of hydrogen-bond donors (Lipinski definition) is 2. The maximum atomic E-state index is 13.3. The number of carbonyl (C=O) groups excluding carboxylic acids is 1. The molecule has 8 nitrogen and oxygen atoms in total. The lowest BCUT2D eigenvalue weighted by Gasteiger charge is -2.29. The monoisotopic (exact) mass is 483 g/mol. The Bertz CT molecular complexity index is 1180. The Balaban J connectivity index is 1.56. The molecule has 1 fully saturated rings. The zero-order valence-corrected chi connectivity index (χ0v) is 19.3. The van der Waals surface area contributed by atoms with Gasteiger partial charge in [0.15, 0.2) is 0 Å². The highest BCUT2D eigenvalue weighted by atomic mass is 32.2. The van der Waals surface area contributed by atoms with Crippen LogP contribution in [0.5, 0.6) is 0 Å². The second-order valence-electron chi connectivity index (χ2n) is 7.76. The van der Waals surface area contributed by atoms with Crippen LogP contribution >= 0.6 is 0 Å². The van der Waals surface area contributed by atoms with Crippen molar-refractivity contribution >= 4 is 26.0 Å². The molecule has 1 aliphatic rings. The predicted molar refractivity (Wildman–Crippen MR) is 118 cm³/mol. The van der Waals surface area contributed by atoms with Gasteiger partial charge in [-0.15, -0.1) is 0 Å². The van der Waals surface area contributed by atoms with E-state index in [1.165, 1.54) is 34.6 Å². The molecule has 2 aromatic carbocycles. The van der Waals surface area contributed by atoms with Crippen molar-refractivity contribution in [2.75, 3.05) is 19.3 Å². The quantitative estimate of drug-likeness (QED) is 0.592. The average Bonchev–Trinajstić information content (AvgIpc) is 2.76. The third-order valence-corrected chi connectivity index (χ3v) is 8.03. The number of nitrogens with zero attached hydrogens (tertiary/aromatic N) is 1. The largest absolute Gasteiger partial charge is 0.352 e. The SMILES string of the molecule is CS(=O)(=O)N1CCC(C(=O)NCc2cccc(S(=O)(=O)NCc3cccc(F)c3)c2)CC1. The van der Waals surface area contributed by atoms with Gasteiger partial charge in [-0.2, -0.15) is 0 Å². The molecule has 0 aromatic heterocycles. The molecule has 2 N–H and O–H groups in total. The van der Waals surface area contributed by atoms with E-state index >= 15 is 0 Å². The van der Waals surface area contributed by atoms with E-state index in [9.17, 15) is 26.0 Å². The van der Waals surface area contributed by atoms with E-state index in [4.69, 9.17) is 0 Å². The van der Waals surface area contributed by atoms with Gasteiger partial charge in [0.2, 0.25) is 26.0 Å². The van der Waals surface area contributed by atoms with Crippen molar-refractivity contribution in [1.29, 1.82) is 0 Å². The molecule has 0 bridgehead atoms. The molecule has 1 amide bonds. The van der Waals surface area contributed by atoms with Gasteiger partial charge in [0.1, 0.15) is 5.82 Å². The lowest BCUT2D eigenvalue weighted by molar-refractivity contribution is -0.126. The van der Waals surface area contributed by atoms with Gasteiger partial charge in [0.05, 0.1) is 11.2 Å². The van der Waals surface area contributed by atoms with Crippen LogP contribution in [-0.4, -0.2) is 46.4 Å². The molecule has 1 saturated heterocycles. The maximum absolute atomic E-state index is 13.3. The summed E-state index contributed by atoms with van der Waals surface area (Å²) >= 11 is 0. The Kier molecular flexibility index (Phi) is 7.65. The normalized spacial score (nSPS) is 16.1. The standard InChI is InChI=1S/C21H26FN3O5S2/c1-31(27,28)25-10-8-18(9-11-25)21(26)23-14-17-5-3-7-20(13-17)32(29,30)24-15-16-4-2-6-19(22)12-16/h2-7,12-13,18,24H,8-11,14-15H2,1H3,(H,23,26). The van der Waals surface area contributed by atoms with E-state index in [2.05, 4.69) is 10.0 Å². The number of piperidine rings is 1. The Hall–Kier alpha value is -2.34. The third-order valence-electron chi connectivity index (χ3n) is 5.32. The molecule has 32 heavy (non-hydrogen) atoms. The first-order valence-electron chi connectivity index (χ1n) is 10.1. The molecule has 0 aliphatic carbocycles. The van der Waals surface area contributed by atoms with Crippen LogP contribution in [0, 0.1) is 11.7 Å². The van der Waals surface area contributed by atoms with Gasteiger partial charge in [-0.25, -0.2) is 30.3 Å². The Morgan fingerprint density at radius 3 is 2.25 bits per heavy atom. The lowest BCUT2D eigenvalue weighted by Crippen LogP contribution is -2.42.